The van der Waals surface area contributed by atoms with Crippen LogP contribution in [0.5, 0.6) is 0 Å². The summed E-state index contributed by atoms with van der Waals surface area (Å²) in [6.07, 6.45) is 0. The Bertz CT molecular complexity index is 572. The molecule has 2 nitrogen and oxygen atoms in total. The van der Waals surface area contributed by atoms with Gasteiger partial charge < -0.3 is 10.6 Å². The van der Waals surface area contributed by atoms with Crippen molar-refractivity contribution < 1.29 is 0 Å². The maximum atomic E-state index is 6.29. The van der Waals surface area contributed by atoms with Crippen molar-refractivity contribution in [2.24, 2.45) is 5.73 Å². The van der Waals surface area contributed by atoms with Crippen molar-refractivity contribution in [3.05, 3.63) is 63.1 Å². The maximum Gasteiger partial charge on any atom is 0.0642 e. The van der Waals surface area contributed by atoms with Crippen LogP contribution in [0.2, 0.25) is 5.02 Å². The van der Waals surface area contributed by atoms with Gasteiger partial charge in [0.25, 0.3) is 0 Å². The van der Waals surface area contributed by atoms with E-state index < -0.39 is 0 Å². The minimum atomic E-state index is 0.485. The van der Waals surface area contributed by atoms with Crippen molar-refractivity contribution in [1.29, 1.82) is 0 Å². The molecule has 0 bridgehead atoms. The summed E-state index contributed by atoms with van der Waals surface area (Å²) in [5.41, 5.74) is 9.07. The molecule has 2 aromatic rings. The molecular formula is C15H16BrClN2. The molecule has 0 fully saturated rings. The molecule has 0 heterocycles. The zero-order valence-electron chi connectivity index (χ0n) is 10.7. The molecule has 0 saturated carbocycles. The van der Waals surface area contributed by atoms with E-state index in [-0.39, 0.29) is 0 Å². The SMILES string of the molecule is CN(Cc1cccc(Br)c1)c1c(Cl)cccc1CN. The molecule has 0 radical (unpaired) electrons. The Labute approximate surface area is 127 Å². The largest absolute Gasteiger partial charge is 0.369 e. The highest BCUT2D eigenvalue weighted by Crippen LogP contribution is 2.30. The van der Waals surface area contributed by atoms with Gasteiger partial charge in [0.05, 0.1) is 10.7 Å². The molecule has 0 aliphatic carbocycles. The van der Waals surface area contributed by atoms with E-state index in [4.69, 9.17) is 17.3 Å². The molecule has 0 spiro atoms. The summed E-state index contributed by atoms with van der Waals surface area (Å²) in [7, 11) is 2.03. The van der Waals surface area contributed by atoms with Gasteiger partial charge in [-0.05, 0) is 29.3 Å². The Morgan fingerprint density at radius 1 is 1.21 bits per heavy atom. The normalized spacial score (nSPS) is 10.5. The van der Waals surface area contributed by atoms with Gasteiger partial charge in [-0.3, -0.25) is 0 Å². The van der Waals surface area contributed by atoms with E-state index in [1.54, 1.807) is 0 Å². The fourth-order valence-corrected chi connectivity index (χ4v) is 2.93. The molecule has 0 aromatic heterocycles. The third kappa shape index (κ3) is 3.50. The van der Waals surface area contributed by atoms with E-state index in [1.165, 1.54) is 5.56 Å². The summed E-state index contributed by atoms with van der Waals surface area (Å²) in [5, 5.41) is 0.737. The summed E-state index contributed by atoms with van der Waals surface area (Å²) < 4.78 is 1.08. The van der Waals surface area contributed by atoms with Crippen molar-refractivity contribution in [3.63, 3.8) is 0 Å². The monoisotopic (exact) mass is 338 g/mol. The molecule has 2 aromatic carbocycles. The number of hydrogen-bond acceptors (Lipinski definition) is 2. The van der Waals surface area contributed by atoms with Crippen molar-refractivity contribution in [1.82, 2.24) is 0 Å². The third-order valence-corrected chi connectivity index (χ3v) is 3.78. The highest BCUT2D eigenvalue weighted by Gasteiger charge is 2.11. The van der Waals surface area contributed by atoms with Crippen LogP contribution >= 0.6 is 27.5 Å². The fraction of sp³-hybridized carbons (Fsp3) is 0.200. The Balaban J connectivity index is 2.27. The van der Waals surface area contributed by atoms with Crippen LogP contribution in [0, 0.1) is 0 Å². The number of benzene rings is 2. The molecule has 100 valence electrons. The van der Waals surface area contributed by atoms with Gasteiger partial charge in [0, 0.05) is 24.6 Å². The second-order valence-corrected chi connectivity index (χ2v) is 5.76. The predicted molar refractivity (Wildman–Crippen MR) is 85.6 cm³/mol. The Hall–Kier alpha value is -1.03. The van der Waals surface area contributed by atoms with Gasteiger partial charge in [-0.1, -0.05) is 51.8 Å². The first kappa shape index (κ1) is 14.4. The van der Waals surface area contributed by atoms with Crippen LogP contribution < -0.4 is 10.6 Å². The van der Waals surface area contributed by atoms with Crippen LogP contribution in [0.4, 0.5) is 5.69 Å². The van der Waals surface area contributed by atoms with E-state index in [1.807, 2.05) is 37.4 Å². The van der Waals surface area contributed by atoms with Crippen molar-refractivity contribution in [2.45, 2.75) is 13.1 Å². The zero-order valence-corrected chi connectivity index (χ0v) is 13.1. The Kier molecular flexibility index (Phi) is 4.86. The first-order valence-corrected chi connectivity index (χ1v) is 7.22. The first-order chi connectivity index (χ1) is 9.11. The van der Waals surface area contributed by atoms with Gasteiger partial charge in [0.15, 0.2) is 0 Å². The highest BCUT2D eigenvalue weighted by atomic mass is 79.9. The minimum Gasteiger partial charge on any atom is -0.369 e. The summed E-state index contributed by atoms with van der Waals surface area (Å²) in [4.78, 5) is 2.13. The molecular weight excluding hydrogens is 324 g/mol. The second-order valence-electron chi connectivity index (χ2n) is 4.44. The summed E-state index contributed by atoms with van der Waals surface area (Å²) in [5.74, 6) is 0. The molecule has 0 aliphatic heterocycles. The van der Waals surface area contributed by atoms with E-state index in [9.17, 15) is 0 Å². The topological polar surface area (TPSA) is 29.3 Å². The molecule has 0 saturated heterocycles. The lowest BCUT2D eigenvalue weighted by Crippen LogP contribution is -2.19. The van der Waals surface area contributed by atoms with E-state index in [0.717, 1.165) is 27.3 Å². The number of nitrogens with zero attached hydrogens (tertiary/aromatic N) is 1. The standard InChI is InChI=1S/C15H16BrClN2/c1-19(10-11-4-2-6-13(16)8-11)15-12(9-18)5-3-7-14(15)17/h2-8H,9-10,18H2,1H3. The Morgan fingerprint density at radius 3 is 2.63 bits per heavy atom. The van der Waals surface area contributed by atoms with E-state index >= 15 is 0 Å². The van der Waals surface area contributed by atoms with Crippen LogP contribution in [-0.2, 0) is 13.1 Å². The highest BCUT2D eigenvalue weighted by molar-refractivity contribution is 9.10. The number of halogens is 2. The van der Waals surface area contributed by atoms with Gasteiger partial charge in [-0.25, -0.2) is 0 Å². The van der Waals surface area contributed by atoms with Crippen LogP contribution in [0.1, 0.15) is 11.1 Å². The lowest BCUT2D eigenvalue weighted by molar-refractivity contribution is 0.903. The number of hydrogen-bond donors (Lipinski definition) is 1. The summed E-state index contributed by atoms with van der Waals surface area (Å²) >= 11 is 9.78. The molecule has 0 aliphatic rings. The van der Waals surface area contributed by atoms with Gasteiger partial charge in [0.2, 0.25) is 0 Å². The van der Waals surface area contributed by atoms with Crippen LogP contribution in [0.25, 0.3) is 0 Å². The fourth-order valence-electron chi connectivity index (χ4n) is 2.14. The minimum absolute atomic E-state index is 0.485. The molecule has 2 rings (SSSR count). The van der Waals surface area contributed by atoms with Gasteiger partial charge in [-0.15, -0.1) is 0 Å². The van der Waals surface area contributed by atoms with Crippen LogP contribution in [-0.4, -0.2) is 7.05 Å². The Morgan fingerprint density at radius 2 is 1.95 bits per heavy atom. The van der Waals surface area contributed by atoms with Crippen molar-refractivity contribution >= 4 is 33.2 Å². The third-order valence-electron chi connectivity index (χ3n) is 2.98. The molecule has 0 atom stereocenters. The second kappa shape index (κ2) is 6.42. The van der Waals surface area contributed by atoms with Gasteiger partial charge >= 0.3 is 0 Å². The predicted octanol–water partition coefficient (Wildman–Crippen LogP) is 4.20. The smallest absolute Gasteiger partial charge is 0.0642 e. The number of para-hydroxylation sites is 1. The maximum absolute atomic E-state index is 6.29. The number of nitrogens with two attached hydrogens (primary N) is 1. The molecule has 0 amide bonds. The lowest BCUT2D eigenvalue weighted by Gasteiger charge is -2.23. The van der Waals surface area contributed by atoms with Crippen molar-refractivity contribution in [3.8, 4) is 0 Å². The molecule has 19 heavy (non-hydrogen) atoms. The summed E-state index contributed by atoms with van der Waals surface area (Å²) in [6.45, 7) is 1.27. The molecule has 4 heteroatoms. The number of anilines is 1. The quantitative estimate of drug-likeness (QED) is 0.904. The average Bonchev–Trinajstić information content (AvgIpc) is 2.38. The van der Waals surface area contributed by atoms with E-state index in [0.29, 0.717) is 6.54 Å². The van der Waals surface area contributed by atoms with Crippen LogP contribution in [0.3, 0.4) is 0 Å². The molecule has 0 unspecified atom stereocenters. The summed E-state index contributed by atoms with van der Waals surface area (Å²) in [6, 6.07) is 14.1. The van der Waals surface area contributed by atoms with Crippen molar-refractivity contribution in [2.75, 3.05) is 11.9 Å². The molecule has 2 N–H and O–H groups in total. The lowest BCUT2D eigenvalue weighted by atomic mass is 10.1. The number of rotatable bonds is 4. The van der Waals surface area contributed by atoms with Gasteiger partial charge in [0.1, 0.15) is 0 Å². The average molecular weight is 340 g/mol. The van der Waals surface area contributed by atoms with Gasteiger partial charge in [-0.2, -0.15) is 0 Å². The van der Waals surface area contributed by atoms with Crippen LogP contribution in [0.15, 0.2) is 46.9 Å². The van der Waals surface area contributed by atoms with E-state index in [2.05, 4.69) is 33.0 Å². The zero-order chi connectivity index (χ0) is 13.8. The first-order valence-electron chi connectivity index (χ1n) is 6.05.